The van der Waals surface area contributed by atoms with Crippen molar-refractivity contribution in [1.29, 1.82) is 0 Å². The van der Waals surface area contributed by atoms with E-state index in [9.17, 15) is 14.7 Å². The maximum absolute atomic E-state index is 12.0. The monoisotopic (exact) mass is 625 g/mol. The molecule has 0 aliphatic carbocycles. The number of esters is 2. The Morgan fingerprint density at radius 3 is 1.02 bits per heavy atom. The summed E-state index contributed by atoms with van der Waals surface area (Å²) < 4.78 is 10.3. The third kappa shape index (κ3) is 35.4. The molecule has 5 heteroatoms. The number of ether oxygens (including phenoxy) is 2. The summed E-state index contributed by atoms with van der Waals surface area (Å²) in [6.45, 7) is 6.64. The molecule has 0 aromatic rings. The third-order valence-corrected chi connectivity index (χ3v) is 8.77. The van der Waals surface area contributed by atoms with E-state index in [0.717, 1.165) is 38.0 Å². The van der Waals surface area contributed by atoms with Gasteiger partial charge in [0.1, 0.15) is 19.3 Å². The number of hydrogen-bond donors (Lipinski definition) is 1. The van der Waals surface area contributed by atoms with E-state index in [4.69, 9.17) is 9.47 Å². The molecule has 0 saturated heterocycles. The number of carbonyl (C=O) groups is 2. The average Bonchev–Trinajstić information content (AvgIpc) is 3.00. The van der Waals surface area contributed by atoms with Crippen LogP contribution in [-0.2, 0) is 19.1 Å². The second-order valence-electron chi connectivity index (χ2n) is 13.9. The Kier molecular flexibility index (Phi) is 33.9. The van der Waals surface area contributed by atoms with Crippen LogP contribution in [0.15, 0.2) is 0 Å². The Labute approximate surface area is 274 Å². The molecule has 0 amide bonds. The van der Waals surface area contributed by atoms with Gasteiger partial charge in [0.2, 0.25) is 0 Å². The lowest BCUT2D eigenvalue weighted by Gasteiger charge is -2.12. The van der Waals surface area contributed by atoms with Gasteiger partial charge in [0, 0.05) is 12.8 Å². The zero-order valence-corrected chi connectivity index (χ0v) is 29.9. The van der Waals surface area contributed by atoms with E-state index in [-0.39, 0.29) is 25.2 Å². The summed E-state index contributed by atoms with van der Waals surface area (Å²) in [5, 5.41) is 9.99. The van der Waals surface area contributed by atoms with Crippen molar-refractivity contribution in [3.8, 4) is 0 Å². The number of rotatable bonds is 35. The molecule has 0 aromatic carbocycles. The van der Waals surface area contributed by atoms with E-state index >= 15 is 0 Å². The van der Waals surface area contributed by atoms with Gasteiger partial charge < -0.3 is 14.6 Å². The molecule has 262 valence electrons. The minimum atomic E-state index is -0.955. The van der Waals surface area contributed by atoms with Crippen LogP contribution in [0.2, 0.25) is 0 Å². The van der Waals surface area contributed by atoms with Crippen molar-refractivity contribution in [2.24, 2.45) is 5.92 Å². The lowest BCUT2D eigenvalue weighted by atomic mass is 10.0. The molecule has 44 heavy (non-hydrogen) atoms. The fraction of sp³-hybridized carbons (Fsp3) is 0.949. The molecule has 0 heterocycles. The summed E-state index contributed by atoms with van der Waals surface area (Å²) in [6.07, 6.45) is 35.9. The first-order chi connectivity index (χ1) is 21.5. The zero-order valence-electron chi connectivity index (χ0n) is 29.9. The molecule has 0 aliphatic heterocycles. The fourth-order valence-corrected chi connectivity index (χ4v) is 5.80. The second kappa shape index (κ2) is 34.8. The summed E-state index contributed by atoms with van der Waals surface area (Å²) >= 11 is 0. The molecule has 1 atom stereocenters. The Hall–Kier alpha value is -1.10. The van der Waals surface area contributed by atoms with Crippen LogP contribution in [0.5, 0.6) is 0 Å². The highest BCUT2D eigenvalue weighted by atomic mass is 16.6. The summed E-state index contributed by atoms with van der Waals surface area (Å²) in [7, 11) is 0. The minimum absolute atomic E-state index is 0.109. The van der Waals surface area contributed by atoms with Crippen molar-refractivity contribution < 1.29 is 24.2 Å². The standard InChI is InChI=1S/C39H76O5/c1-4-5-6-7-8-9-10-11-12-13-14-15-16-17-20-23-26-29-32-38(41)43-34-37(40)35-44-39(42)33-30-27-24-21-18-19-22-25-28-31-36(2)3/h36-37,40H,4-35H2,1-3H3/t37-/m1/s1. The van der Waals surface area contributed by atoms with Crippen LogP contribution in [0.3, 0.4) is 0 Å². The molecule has 5 nitrogen and oxygen atoms in total. The van der Waals surface area contributed by atoms with E-state index < -0.39 is 6.10 Å². The normalized spacial score (nSPS) is 12.1. The summed E-state index contributed by atoms with van der Waals surface area (Å²) in [4.78, 5) is 23.9. The first kappa shape index (κ1) is 42.9. The molecule has 0 spiro atoms. The predicted octanol–water partition coefficient (Wildman–Crippen LogP) is 11.8. The Morgan fingerprint density at radius 1 is 0.455 bits per heavy atom. The predicted molar refractivity (Wildman–Crippen MR) is 187 cm³/mol. The summed E-state index contributed by atoms with van der Waals surface area (Å²) in [6, 6.07) is 0. The van der Waals surface area contributed by atoms with Crippen LogP contribution < -0.4 is 0 Å². The Bertz CT molecular complexity index is 605. The molecule has 0 fully saturated rings. The van der Waals surface area contributed by atoms with Crippen LogP contribution >= 0.6 is 0 Å². The van der Waals surface area contributed by atoms with Gasteiger partial charge in [-0.05, 0) is 18.8 Å². The van der Waals surface area contributed by atoms with Crippen molar-refractivity contribution in [1.82, 2.24) is 0 Å². The lowest BCUT2D eigenvalue weighted by Crippen LogP contribution is -2.25. The molecule has 1 N–H and O–H groups in total. The largest absolute Gasteiger partial charge is 0.463 e. The number of hydrogen-bond acceptors (Lipinski definition) is 5. The topological polar surface area (TPSA) is 72.8 Å². The van der Waals surface area contributed by atoms with Crippen molar-refractivity contribution in [2.45, 2.75) is 219 Å². The Morgan fingerprint density at radius 2 is 0.727 bits per heavy atom. The van der Waals surface area contributed by atoms with Gasteiger partial charge in [0.15, 0.2) is 0 Å². The number of unbranched alkanes of at least 4 members (excludes halogenated alkanes) is 25. The molecular weight excluding hydrogens is 548 g/mol. The summed E-state index contributed by atoms with van der Waals surface area (Å²) in [5.41, 5.74) is 0. The third-order valence-electron chi connectivity index (χ3n) is 8.77. The molecule has 0 unspecified atom stereocenters. The van der Waals surface area contributed by atoms with E-state index in [1.165, 1.54) is 148 Å². The average molecular weight is 625 g/mol. The maximum atomic E-state index is 12.0. The molecule has 0 radical (unpaired) electrons. The van der Waals surface area contributed by atoms with Crippen LogP contribution in [0.25, 0.3) is 0 Å². The highest BCUT2D eigenvalue weighted by Gasteiger charge is 2.12. The van der Waals surface area contributed by atoms with Gasteiger partial charge in [-0.15, -0.1) is 0 Å². The lowest BCUT2D eigenvalue weighted by molar-refractivity contribution is -0.152. The summed E-state index contributed by atoms with van der Waals surface area (Å²) in [5.74, 6) is 0.266. The molecular formula is C39H76O5. The van der Waals surface area contributed by atoms with Crippen molar-refractivity contribution in [3.63, 3.8) is 0 Å². The van der Waals surface area contributed by atoms with Gasteiger partial charge in [-0.2, -0.15) is 0 Å². The van der Waals surface area contributed by atoms with Gasteiger partial charge >= 0.3 is 11.9 Å². The highest BCUT2D eigenvalue weighted by Crippen LogP contribution is 2.16. The second-order valence-corrected chi connectivity index (χ2v) is 13.9. The van der Waals surface area contributed by atoms with E-state index in [0.29, 0.717) is 12.8 Å². The molecule has 0 aromatic heterocycles. The SMILES string of the molecule is CCCCCCCCCCCCCCCCCCCCC(=O)OC[C@@H](O)COC(=O)CCCCCCCCCCCC(C)C. The maximum Gasteiger partial charge on any atom is 0.305 e. The van der Waals surface area contributed by atoms with E-state index in [1.807, 2.05) is 0 Å². The van der Waals surface area contributed by atoms with Gasteiger partial charge in [0.05, 0.1) is 0 Å². The quantitative estimate of drug-likeness (QED) is 0.0561. The fourth-order valence-electron chi connectivity index (χ4n) is 5.80. The van der Waals surface area contributed by atoms with Gasteiger partial charge in [0.25, 0.3) is 0 Å². The van der Waals surface area contributed by atoms with Gasteiger partial charge in [-0.3, -0.25) is 9.59 Å². The number of aliphatic hydroxyl groups is 1. The van der Waals surface area contributed by atoms with Crippen molar-refractivity contribution in [2.75, 3.05) is 13.2 Å². The first-order valence-electron chi connectivity index (χ1n) is 19.4. The molecule has 0 bridgehead atoms. The van der Waals surface area contributed by atoms with Gasteiger partial charge in [-0.25, -0.2) is 0 Å². The van der Waals surface area contributed by atoms with E-state index in [2.05, 4.69) is 20.8 Å². The van der Waals surface area contributed by atoms with Crippen LogP contribution in [-0.4, -0.2) is 36.4 Å². The van der Waals surface area contributed by atoms with Crippen molar-refractivity contribution in [3.05, 3.63) is 0 Å². The molecule has 0 aliphatic rings. The van der Waals surface area contributed by atoms with Gasteiger partial charge in [-0.1, -0.05) is 188 Å². The van der Waals surface area contributed by atoms with Crippen LogP contribution in [0, 0.1) is 5.92 Å². The van der Waals surface area contributed by atoms with Crippen molar-refractivity contribution >= 4 is 11.9 Å². The van der Waals surface area contributed by atoms with E-state index in [1.54, 1.807) is 0 Å². The highest BCUT2D eigenvalue weighted by molar-refractivity contribution is 5.69. The van der Waals surface area contributed by atoms with Crippen LogP contribution in [0.1, 0.15) is 213 Å². The Balaban J connectivity index is 3.37. The first-order valence-corrected chi connectivity index (χ1v) is 19.4. The smallest absolute Gasteiger partial charge is 0.305 e. The molecule has 0 rings (SSSR count). The number of carbonyl (C=O) groups excluding carboxylic acids is 2. The molecule has 0 saturated carbocycles. The zero-order chi connectivity index (χ0) is 32.4. The minimum Gasteiger partial charge on any atom is -0.463 e. The van der Waals surface area contributed by atoms with Crippen LogP contribution in [0.4, 0.5) is 0 Å². The number of aliphatic hydroxyl groups excluding tert-OH is 1.